The Morgan fingerprint density at radius 3 is 1.48 bits per heavy atom. The molecule has 0 bridgehead atoms. The lowest BCUT2D eigenvalue weighted by Crippen LogP contribution is -2.37. The van der Waals surface area contributed by atoms with Crippen LogP contribution in [0.25, 0.3) is 0 Å². The molecule has 0 saturated heterocycles. The van der Waals surface area contributed by atoms with Gasteiger partial charge in [-0.15, -0.1) is 0 Å². The minimum atomic E-state index is -3.91. The number of amides is 1. The van der Waals surface area contributed by atoms with Crippen molar-refractivity contribution in [3.05, 3.63) is 60.7 Å². The summed E-state index contributed by atoms with van der Waals surface area (Å²) < 4.78 is 49.7. The molecule has 0 spiro atoms. The van der Waals surface area contributed by atoms with Gasteiger partial charge in [-0.3, -0.25) is 10.0 Å². The van der Waals surface area contributed by atoms with Gasteiger partial charge >= 0.3 is 0 Å². The number of benzene rings is 2. The minimum Gasteiger partial charge on any atom is -0.289 e. The molecule has 0 radical (unpaired) electrons. The first-order valence-corrected chi connectivity index (χ1v) is 10.6. The normalized spacial score (nSPS) is 12.1. The van der Waals surface area contributed by atoms with E-state index in [0.717, 1.165) is 0 Å². The van der Waals surface area contributed by atoms with Gasteiger partial charge in [0, 0.05) is 0 Å². The Morgan fingerprint density at radius 1 is 0.800 bits per heavy atom. The van der Waals surface area contributed by atoms with Crippen molar-refractivity contribution >= 4 is 25.6 Å². The number of carbonyl (C=O) groups is 1. The van der Waals surface area contributed by atoms with Crippen molar-refractivity contribution in [2.75, 3.05) is 11.5 Å². The van der Waals surface area contributed by atoms with Crippen LogP contribution in [0.1, 0.15) is 0 Å². The molecule has 25 heavy (non-hydrogen) atoms. The summed E-state index contributed by atoms with van der Waals surface area (Å²) in [4.78, 5) is 11.8. The Balaban J connectivity index is 2.30. The molecule has 2 aromatic rings. The van der Waals surface area contributed by atoms with Crippen LogP contribution in [0, 0.1) is 5.92 Å². The summed E-state index contributed by atoms with van der Waals surface area (Å²) >= 11 is 0. The van der Waals surface area contributed by atoms with Crippen LogP contribution in [0.15, 0.2) is 70.5 Å². The van der Waals surface area contributed by atoms with E-state index < -0.39 is 43.0 Å². The van der Waals surface area contributed by atoms with E-state index in [1.54, 1.807) is 12.1 Å². The van der Waals surface area contributed by atoms with Gasteiger partial charge in [0.1, 0.15) is 0 Å². The first-order valence-electron chi connectivity index (χ1n) is 7.26. The third-order valence-electron chi connectivity index (χ3n) is 3.53. The van der Waals surface area contributed by atoms with Crippen LogP contribution in [0.5, 0.6) is 0 Å². The zero-order valence-corrected chi connectivity index (χ0v) is 14.7. The Hall–Kier alpha value is -2.23. The van der Waals surface area contributed by atoms with Crippen molar-refractivity contribution in [1.29, 1.82) is 0 Å². The highest BCUT2D eigenvalue weighted by molar-refractivity contribution is 7.92. The van der Waals surface area contributed by atoms with Crippen LogP contribution < -0.4 is 5.48 Å². The molecular formula is C16H17NO6S2. The summed E-state index contributed by atoms with van der Waals surface area (Å²) in [7, 11) is -7.81. The molecule has 0 aliphatic carbocycles. The lowest BCUT2D eigenvalue weighted by Gasteiger charge is -2.15. The number of nitrogens with one attached hydrogen (secondary N) is 1. The van der Waals surface area contributed by atoms with E-state index >= 15 is 0 Å². The number of hydrogen-bond donors (Lipinski definition) is 2. The van der Waals surface area contributed by atoms with E-state index in [1.165, 1.54) is 54.0 Å². The Morgan fingerprint density at radius 2 is 1.16 bits per heavy atom. The van der Waals surface area contributed by atoms with Gasteiger partial charge in [0.25, 0.3) is 0 Å². The molecule has 2 rings (SSSR count). The van der Waals surface area contributed by atoms with Crippen LogP contribution in [0.2, 0.25) is 0 Å². The van der Waals surface area contributed by atoms with E-state index in [4.69, 9.17) is 5.21 Å². The summed E-state index contributed by atoms with van der Waals surface area (Å²) in [5.74, 6) is -4.01. The van der Waals surface area contributed by atoms with Crippen molar-refractivity contribution < 1.29 is 26.8 Å². The monoisotopic (exact) mass is 383 g/mol. The molecule has 134 valence electrons. The fourth-order valence-electron chi connectivity index (χ4n) is 2.27. The average molecular weight is 383 g/mol. The van der Waals surface area contributed by atoms with Crippen molar-refractivity contribution in [3.8, 4) is 0 Å². The van der Waals surface area contributed by atoms with Crippen LogP contribution in [0.4, 0.5) is 0 Å². The zero-order valence-electron chi connectivity index (χ0n) is 13.1. The maximum atomic E-state index is 12.4. The van der Waals surface area contributed by atoms with E-state index in [2.05, 4.69) is 0 Å². The molecule has 7 nitrogen and oxygen atoms in total. The molecule has 0 aliphatic heterocycles. The second kappa shape index (κ2) is 7.77. The Bertz CT molecular complexity index is 854. The largest absolute Gasteiger partial charge is 0.289 e. The van der Waals surface area contributed by atoms with Crippen LogP contribution in [-0.4, -0.2) is 39.5 Å². The minimum absolute atomic E-state index is 0.0251. The van der Waals surface area contributed by atoms with Crippen LogP contribution >= 0.6 is 0 Å². The van der Waals surface area contributed by atoms with Gasteiger partial charge in [-0.1, -0.05) is 36.4 Å². The number of rotatable bonds is 7. The number of carbonyl (C=O) groups excluding carboxylic acids is 1. The maximum Gasteiger partial charge on any atom is 0.248 e. The second-order valence-electron chi connectivity index (χ2n) is 5.36. The van der Waals surface area contributed by atoms with Crippen LogP contribution in [-0.2, 0) is 24.5 Å². The molecule has 1 amide bonds. The quantitative estimate of drug-likeness (QED) is 0.545. The van der Waals surface area contributed by atoms with Crippen molar-refractivity contribution in [3.63, 3.8) is 0 Å². The maximum absolute atomic E-state index is 12.4. The standard InChI is InChI=1S/C16H17NO6S2/c18-16(17-19)13(11-24(20,21)14-7-3-1-4-8-14)12-25(22,23)15-9-5-2-6-10-15/h1-10,13,19H,11-12H2,(H,17,18). The molecule has 0 aromatic heterocycles. The van der Waals surface area contributed by atoms with Gasteiger partial charge in [-0.05, 0) is 24.3 Å². The molecule has 0 atom stereocenters. The highest BCUT2D eigenvalue weighted by Gasteiger charge is 2.31. The molecule has 0 fully saturated rings. The van der Waals surface area contributed by atoms with Gasteiger partial charge in [-0.25, -0.2) is 22.3 Å². The van der Waals surface area contributed by atoms with Gasteiger partial charge < -0.3 is 0 Å². The van der Waals surface area contributed by atoms with Gasteiger partial charge in [0.05, 0.1) is 27.2 Å². The average Bonchev–Trinajstić information content (AvgIpc) is 2.61. The fraction of sp³-hybridized carbons (Fsp3) is 0.188. The molecule has 0 aliphatic rings. The SMILES string of the molecule is O=C(NO)C(CS(=O)(=O)c1ccccc1)CS(=O)(=O)c1ccccc1. The Kier molecular flexibility index (Phi) is 5.93. The third-order valence-corrected chi connectivity index (χ3v) is 7.19. The van der Waals surface area contributed by atoms with Crippen molar-refractivity contribution in [1.82, 2.24) is 5.48 Å². The smallest absolute Gasteiger partial charge is 0.248 e. The molecule has 9 heteroatoms. The number of hydrogen-bond acceptors (Lipinski definition) is 6. The van der Waals surface area contributed by atoms with Crippen LogP contribution in [0.3, 0.4) is 0 Å². The third kappa shape index (κ3) is 4.88. The summed E-state index contributed by atoms with van der Waals surface area (Å²) in [5.41, 5.74) is 1.35. The second-order valence-corrected chi connectivity index (χ2v) is 9.43. The predicted octanol–water partition coefficient (Wildman–Crippen LogP) is 1.06. The van der Waals surface area contributed by atoms with Gasteiger partial charge in [-0.2, -0.15) is 0 Å². The topological polar surface area (TPSA) is 118 Å². The molecule has 2 aromatic carbocycles. The highest BCUT2D eigenvalue weighted by atomic mass is 32.2. The molecule has 2 N–H and O–H groups in total. The summed E-state index contributed by atoms with van der Waals surface area (Å²) in [6.45, 7) is 0. The first-order chi connectivity index (χ1) is 11.8. The fourth-order valence-corrected chi connectivity index (χ4v) is 5.54. The van der Waals surface area contributed by atoms with Gasteiger partial charge in [0.15, 0.2) is 19.7 Å². The highest BCUT2D eigenvalue weighted by Crippen LogP contribution is 2.19. The van der Waals surface area contributed by atoms with E-state index in [1.807, 2.05) is 0 Å². The molecule has 0 saturated carbocycles. The van der Waals surface area contributed by atoms with Gasteiger partial charge in [0.2, 0.25) is 5.91 Å². The summed E-state index contributed by atoms with van der Waals surface area (Å²) in [6.07, 6.45) is 0. The molecular weight excluding hydrogens is 366 g/mol. The van der Waals surface area contributed by atoms with Crippen molar-refractivity contribution in [2.45, 2.75) is 9.79 Å². The number of sulfone groups is 2. The van der Waals surface area contributed by atoms with E-state index in [0.29, 0.717) is 0 Å². The lowest BCUT2D eigenvalue weighted by atomic mass is 10.2. The lowest BCUT2D eigenvalue weighted by molar-refractivity contribution is -0.132. The predicted molar refractivity (Wildman–Crippen MR) is 90.4 cm³/mol. The van der Waals surface area contributed by atoms with E-state index in [9.17, 15) is 21.6 Å². The number of hydroxylamine groups is 1. The zero-order chi connectivity index (χ0) is 18.5. The molecule has 0 heterocycles. The molecule has 0 unspecified atom stereocenters. The summed E-state index contributed by atoms with van der Waals surface area (Å²) in [5, 5.41) is 8.85. The Labute approximate surface area is 146 Å². The van der Waals surface area contributed by atoms with E-state index in [-0.39, 0.29) is 9.79 Å². The first kappa shape index (κ1) is 19.1. The summed E-state index contributed by atoms with van der Waals surface area (Å²) in [6, 6.07) is 14.8. The van der Waals surface area contributed by atoms with Crippen molar-refractivity contribution in [2.24, 2.45) is 5.92 Å².